The number of anilines is 1. The third-order valence-electron chi connectivity index (χ3n) is 3.11. The Labute approximate surface area is 106 Å². The molecule has 98 valence electrons. The Morgan fingerprint density at radius 3 is 2.94 bits per heavy atom. The number of nitrogens with one attached hydrogen (secondary N) is 1. The SMILES string of the molecule is Cc1c(NCCOCC2CC2)cccc1[N+](=O)[O-]. The second kappa shape index (κ2) is 5.82. The molecule has 1 aliphatic rings. The van der Waals surface area contributed by atoms with Crippen molar-refractivity contribution in [3.63, 3.8) is 0 Å². The molecule has 1 aromatic carbocycles. The van der Waals surface area contributed by atoms with Crippen LogP contribution in [-0.2, 0) is 4.74 Å². The van der Waals surface area contributed by atoms with E-state index in [9.17, 15) is 10.1 Å². The van der Waals surface area contributed by atoms with E-state index < -0.39 is 0 Å². The van der Waals surface area contributed by atoms with Crippen LogP contribution in [0.1, 0.15) is 18.4 Å². The van der Waals surface area contributed by atoms with Gasteiger partial charge in [0.25, 0.3) is 5.69 Å². The Balaban J connectivity index is 1.80. The molecule has 0 aliphatic heterocycles. The van der Waals surface area contributed by atoms with E-state index >= 15 is 0 Å². The summed E-state index contributed by atoms with van der Waals surface area (Å²) in [4.78, 5) is 10.4. The van der Waals surface area contributed by atoms with Crippen LogP contribution in [0.5, 0.6) is 0 Å². The fourth-order valence-electron chi connectivity index (χ4n) is 1.81. The first kappa shape index (κ1) is 12.8. The van der Waals surface area contributed by atoms with Crippen LogP contribution in [0.3, 0.4) is 0 Å². The van der Waals surface area contributed by atoms with Crippen LogP contribution in [0.15, 0.2) is 18.2 Å². The molecule has 0 saturated heterocycles. The van der Waals surface area contributed by atoms with Crippen LogP contribution < -0.4 is 5.32 Å². The summed E-state index contributed by atoms with van der Waals surface area (Å²) >= 11 is 0. The lowest BCUT2D eigenvalue weighted by atomic mass is 10.1. The molecule has 0 spiro atoms. The number of hydrogen-bond donors (Lipinski definition) is 1. The van der Waals surface area contributed by atoms with Gasteiger partial charge < -0.3 is 10.1 Å². The maximum Gasteiger partial charge on any atom is 0.274 e. The fourth-order valence-corrected chi connectivity index (χ4v) is 1.81. The standard InChI is InChI=1S/C13H18N2O3/c1-10-12(3-2-4-13(10)15(16)17)14-7-8-18-9-11-5-6-11/h2-4,11,14H,5-9H2,1H3. The number of ether oxygens (including phenoxy) is 1. The topological polar surface area (TPSA) is 64.4 Å². The van der Waals surface area contributed by atoms with Crippen LogP contribution >= 0.6 is 0 Å². The Hall–Kier alpha value is -1.62. The maximum absolute atomic E-state index is 10.8. The molecule has 1 fully saturated rings. The van der Waals surface area contributed by atoms with Gasteiger partial charge in [0.1, 0.15) is 0 Å². The molecule has 1 N–H and O–H groups in total. The molecule has 0 aromatic heterocycles. The molecule has 0 unspecified atom stereocenters. The summed E-state index contributed by atoms with van der Waals surface area (Å²) in [6, 6.07) is 5.06. The van der Waals surface area contributed by atoms with Crippen LogP contribution in [0.4, 0.5) is 11.4 Å². The van der Waals surface area contributed by atoms with Gasteiger partial charge in [-0.15, -0.1) is 0 Å². The number of nitrogens with zero attached hydrogens (tertiary/aromatic N) is 1. The van der Waals surface area contributed by atoms with Crippen molar-refractivity contribution in [3.05, 3.63) is 33.9 Å². The van der Waals surface area contributed by atoms with Gasteiger partial charge in [-0.3, -0.25) is 10.1 Å². The van der Waals surface area contributed by atoms with Crippen LogP contribution in [0.25, 0.3) is 0 Å². The first-order chi connectivity index (χ1) is 8.68. The molecular formula is C13H18N2O3. The predicted molar refractivity (Wildman–Crippen MR) is 69.9 cm³/mol. The lowest BCUT2D eigenvalue weighted by molar-refractivity contribution is -0.385. The monoisotopic (exact) mass is 250 g/mol. The summed E-state index contributed by atoms with van der Waals surface area (Å²) in [6.07, 6.45) is 2.58. The minimum atomic E-state index is -0.357. The van der Waals surface area contributed by atoms with E-state index in [4.69, 9.17) is 4.74 Å². The molecular weight excluding hydrogens is 232 g/mol. The molecule has 0 heterocycles. The highest BCUT2D eigenvalue weighted by Gasteiger charge is 2.20. The quantitative estimate of drug-likeness (QED) is 0.459. The Morgan fingerprint density at radius 2 is 2.28 bits per heavy atom. The Morgan fingerprint density at radius 1 is 1.50 bits per heavy atom. The average Bonchev–Trinajstić information content (AvgIpc) is 3.14. The van der Waals surface area contributed by atoms with Crippen molar-refractivity contribution in [2.75, 3.05) is 25.1 Å². The zero-order valence-electron chi connectivity index (χ0n) is 10.5. The molecule has 0 radical (unpaired) electrons. The van der Waals surface area contributed by atoms with Crippen LogP contribution in [0.2, 0.25) is 0 Å². The number of benzene rings is 1. The van der Waals surface area contributed by atoms with E-state index in [-0.39, 0.29) is 10.6 Å². The number of nitro groups is 1. The van der Waals surface area contributed by atoms with Crippen molar-refractivity contribution in [1.82, 2.24) is 0 Å². The van der Waals surface area contributed by atoms with Gasteiger partial charge in [-0.1, -0.05) is 6.07 Å². The van der Waals surface area contributed by atoms with E-state index in [1.807, 2.05) is 6.07 Å². The highest BCUT2D eigenvalue weighted by atomic mass is 16.6. The average molecular weight is 250 g/mol. The second-order valence-corrected chi connectivity index (χ2v) is 4.65. The summed E-state index contributed by atoms with van der Waals surface area (Å²) < 4.78 is 5.50. The smallest absolute Gasteiger partial charge is 0.274 e. The van der Waals surface area contributed by atoms with E-state index in [0.29, 0.717) is 18.7 Å². The largest absolute Gasteiger partial charge is 0.382 e. The van der Waals surface area contributed by atoms with Crippen molar-refractivity contribution in [2.24, 2.45) is 5.92 Å². The normalized spacial score (nSPS) is 14.5. The van der Waals surface area contributed by atoms with Gasteiger partial charge in [-0.05, 0) is 31.7 Å². The van der Waals surface area contributed by atoms with E-state index in [1.165, 1.54) is 18.9 Å². The number of hydrogen-bond acceptors (Lipinski definition) is 4. The minimum Gasteiger partial charge on any atom is -0.382 e. The van der Waals surface area contributed by atoms with Crippen LogP contribution in [0, 0.1) is 23.0 Å². The lowest BCUT2D eigenvalue weighted by Gasteiger charge is -2.09. The Kier molecular flexibility index (Phi) is 4.15. The summed E-state index contributed by atoms with van der Waals surface area (Å²) in [5.74, 6) is 0.768. The molecule has 2 rings (SSSR count). The molecule has 5 nitrogen and oxygen atoms in total. The van der Waals surface area contributed by atoms with Crippen molar-refractivity contribution in [2.45, 2.75) is 19.8 Å². The predicted octanol–water partition coefficient (Wildman–Crippen LogP) is 2.74. The fraction of sp³-hybridized carbons (Fsp3) is 0.538. The van der Waals surface area contributed by atoms with Gasteiger partial charge in [0, 0.05) is 30.5 Å². The molecule has 1 saturated carbocycles. The van der Waals surface area contributed by atoms with Crippen LogP contribution in [-0.4, -0.2) is 24.7 Å². The summed E-state index contributed by atoms with van der Waals surface area (Å²) in [6.45, 7) is 3.91. The summed E-state index contributed by atoms with van der Waals surface area (Å²) in [5, 5.41) is 14.0. The second-order valence-electron chi connectivity index (χ2n) is 4.65. The molecule has 18 heavy (non-hydrogen) atoms. The van der Waals surface area contributed by atoms with Gasteiger partial charge in [-0.25, -0.2) is 0 Å². The molecule has 1 aliphatic carbocycles. The van der Waals surface area contributed by atoms with E-state index in [0.717, 1.165) is 18.2 Å². The number of nitro benzene ring substituents is 1. The third kappa shape index (κ3) is 3.43. The maximum atomic E-state index is 10.8. The minimum absolute atomic E-state index is 0.152. The van der Waals surface area contributed by atoms with Crippen molar-refractivity contribution < 1.29 is 9.66 Å². The zero-order chi connectivity index (χ0) is 13.0. The van der Waals surface area contributed by atoms with Gasteiger partial charge in [0.05, 0.1) is 11.5 Å². The van der Waals surface area contributed by atoms with Gasteiger partial charge >= 0.3 is 0 Å². The first-order valence-corrected chi connectivity index (χ1v) is 6.24. The summed E-state index contributed by atoms with van der Waals surface area (Å²) in [7, 11) is 0. The molecule has 0 bridgehead atoms. The van der Waals surface area contributed by atoms with Crippen molar-refractivity contribution in [3.8, 4) is 0 Å². The zero-order valence-corrected chi connectivity index (χ0v) is 10.5. The summed E-state index contributed by atoms with van der Waals surface area (Å²) in [5.41, 5.74) is 1.63. The van der Waals surface area contributed by atoms with Crippen molar-refractivity contribution >= 4 is 11.4 Å². The highest BCUT2D eigenvalue weighted by Crippen LogP contribution is 2.28. The molecule has 0 atom stereocenters. The van der Waals surface area contributed by atoms with Crippen molar-refractivity contribution in [1.29, 1.82) is 0 Å². The van der Waals surface area contributed by atoms with Gasteiger partial charge in [0.15, 0.2) is 0 Å². The van der Waals surface area contributed by atoms with E-state index in [1.54, 1.807) is 13.0 Å². The molecule has 1 aromatic rings. The third-order valence-corrected chi connectivity index (χ3v) is 3.11. The Bertz CT molecular complexity index is 430. The molecule has 5 heteroatoms. The van der Waals surface area contributed by atoms with E-state index in [2.05, 4.69) is 5.32 Å². The van der Waals surface area contributed by atoms with Gasteiger partial charge in [-0.2, -0.15) is 0 Å². The lowest BCUT2D eigenvalue weighted by Crippen LogP contribution is -2.11. The highest BCUT2D eigenvalue weighted by molar-refractivity contribution is 5.59. The number of rotatable bonds is 7. The van der Waals surface area contributed by atoms with Gasteiger partial charge in [0.2, 0.25) is 0 Å². The molecule has 0 amide bonds. The first-order valence-electron chi connectivity index (χ1n) is 6.24.